The van der Waals surface area contributed by atoms with E-state index in [2.05, 4.69) is 5.16 Å². The third-order valence-electron chi connectivity index (χ3n) is 5.98. The first kappa shape index (κ1) is 24.1. The van der Waals surface area contributed by atoms with Crippen molar-refractivity contribution in [1.82, 2.24) is 10.1 Å². The second kappa shape index (κ2) is 10.5. The molecule has 4 aromatic rings. The number of hydrogen-bond acceptors (Lipinski definition) is 8. The van der Waals surface area contributed by atoms with Gasteiger partial charge in [0.05, 0.1) is 27.9 Å². The molecule has 9 nitrogen and oxygen atoms in total. The molecule has 5 rings (SSSR count). The molecule has 1 amide bonds. The van der Waals surface area contributed by atoms with E-state index in [1.54, 1.807) is 56.6 Å². The van der Waals surface area contributed by atoms with Crippen LogP contribution in [0.3, 0.4) is 0 Å². The molecule has 9 heteroatoms. The number of aromatic nitrogens is 1. The van der Waals surface area contributed by atoms with Crippen LogP contribution >= 0.6 is 0 Å². The van der Waals surface area contributed by atoms with Crippen molar-refractivity contribution in [1.29, 1.82) is 0 Å². The molecule has 0 unspecified atom stereocenters. The Morgan fingerprint density at radius 1 is 0.865 bits per heavy atom. The van der Waals surface area contributed by atoms with Crippen LogP contribution in [0.25, 0.3) is 11.3 Å². The summed E-state index contributed by atoms with van der Waals surface area (Å²) >= 11 is 0. The number of methoxy groups -OCH3 is 3. The van der Waals surface area contributed by atoms with Crippen LogP contribution in [-0.4, -0.2) is 44.1 Å². The monoisotopic (exact) mass is 502 g/mol. The molecule has 0 aliphatic carbocycles. The van der Waals surface area contributed by atoms with Crippen molar-refractivity contribution in [2.75, 3.05) is 28.1 Å². The Hall–Kier alpha value is -4.66. The van der Waals surface area contributed by atoms with E-state index in [1.165, 1.54) is 0 Å². The number of fused-ring (bicyclic) bond motifs is 1. The molecule has 0 saturated carbocycles. The van der Waals surface area contributed by atoms with Crippen LogP contribution in [0.2, 0.25) is 0 Å². The summed E-state index contributed by atoms with van der Waals surface area (Å²) in [7, 11) is 4.65. The third-order valence-corrected chi connectivity index (χ3v) is 5.98. The lowest BCUT2D eigenvalue weighted by Gasteiger charge is -2.22. The molecule has 0 fully saturated rings. The number of amides is 1. The van der Waals surface area contributed by atoms with Gasteiger partial charge in [0.15, 0.2) is 28.8 Å². The van der Waals surface area contributed by atoms with E-state index in [0.29, 0.717) is 57.9 Å². The number of carbonyl (C=O) groups is 1. The van der Waals surface area contributed by atoms with Gasteiger partial charge in [-0.05, 0) is 42.0 Å². The smallest absolute Gasteiger partial charge is 0.254 e. The molecule has 0 bridgehead atoms. The van der Waals surface area contributed by atoms with Gasteiger partial charge in [-0.2, -0.15) is 0 Å². The van der Waals surface area contributed by atoms with Crippen molar-refractivity contribution in [3.63, 3.8) is 0 Å². The van der Waals surface area contributed by atoms with Gasteiger partial charge >= 0.3 is 0 Å². The van der Waals surface area contributed by atoms with Crippen molar-refractivity contribution in [2.24, 2.45) is 0 Å². The quantitative estimate of drug-likeness (QED) is 0.318. The molecule has 3 aromatic carbocycles. The van der Waals surface area contributed by atoms with Crippen LogP contribution < -0.4 is 23.7 Å². The highest BCUT2D eigenvalue weighted by atomic mass is 16.7. The maximum Gasteiger partial charge on any atom is 0.254 e. The van der Waals surface area contributed by atoms with Gasteiger partial charge in [-0.15, -0.1) is 0 Å². The van der Waals surface area contributed by atoms with Gasteiger partial charge in [0.25, 0.3) is 5.91 Å². The van der Waals surface area contributed by atoms with Gasteiger partial charge in [0.2, 0.25) is 12.5 Å². The Labute approximate surface area is 214 Å². The first-order valence-electron chi connectivity index (χ1n) is 11.6. The zero-order chi connectivity index (χ0) is 25.8. The molecule has 1 aliphatic heterocycles. The summed E-state index contributed by atoms with van der Waals surface area (Å²) in [6.07, 6.45) is 0. The van der Waals surface area contributed by atoms with Gasteiger partial charge < -0.3 is 33.1 Å². The Kier molecular flexibility index (Phi) is 6.85. The van der Waals surface area contributed by atoms with Crippen LogP contribution in [0, 0.1) is 0 Å². The van der Waals surface area contributed by atoms with Gasteiger partial charge in [-0.1, -0.05) is 29.4 Å². The van der Waals surface area contributed by atoms with Crippen LogP contribution in [0.5, 0.6) is 28.7 Å². The molecule has 0 spiro atoms. The largest absolute Gasteiger partial charge is 0.493 e. The number of benzene rings is 3. The molecule has 1 aliphatic rings. The number of carbonyl (C=O) groups excluding carboxylic acids is 1. The van der Waals surface area contributed by atoms with Gasteiger partial charge in [-0.3, -0.25) is 4.79 Å². The number of hydrogen-bond donors (Lipinski definition) is 0. The maximum atomic E-state index is 13.5. The third kappa shape index (κ3) is 5.02. The first-order valence-corrected chi connectivity index (χ1v) is 11.6. The summed E-state index contributed by atoms with van der Waals surface area (Å²) in [6.45, 7) is 0.765. The summed E-state index contributed by atoms with van der Waals surface area (Å²) in [4.78, 5) is 15.2. The summed E-state index contributed by atoms with van der Waals surface area (Å²) in [5, 5.41) is 4.24. The van der Waals surface area contributed by atoms with Gasteiger partial charge in [0, 0.05) is 23.7 Å². The zero-order valence-electron chi connectivity index (χ0n) is 20.7. The highest BCUT2D eigenvalue weighted by molar-refractivity contribution is 5.94. The lowest BCUT2D eigenvalue weighted by molar-refractivity contribution is 0.0726. The van der Waals surface area contributed by atoms with E-state index in [-0.39, 0.29) is 19.2 Å². The van der Waals surface area contributed by atoms with Crippen molar-refractivity contribution >= 4 is 5.91 Å². The summed E-state index contributed by atoms with van der Waals surface area (Å²) in [5.41, 5.74) is 2.78. The number of rotatable bonds is 9. The minimum Gasteiger partial charge on any atom is -0.493 e. The molecule has 0 radical (unpaired) electrons. The molecular weight excluding hydrogens is 476 g/mol. The minimum absolute atomic E-state index is 0.129. The van der Waals surface area contributed by atoms with E-state index < -0.39 is 0 Å². The average Bonchev–Trinajstić information content (AvgIpc) is 3.61. The Bertz CT molecular complexity index is 1380. The highest BCUT2D eigenvalue weighted by Gasteiger charge is 2.22. The van der Waals surface area contributed by atoms with E-state index in [4.69, 9.17) is 28.2 Å². The average molecular weight is 503 g/mol. The van der Waals surface area contributed by atoms with E-state index in [1.807, 2.05) is 36.4 Å². The molecular formula is C28H26N2O7. The topological polar surface area (TPSA) is 92.5 Å². The van der Waals surface area contributed by atoms with E-state index in [9.17, 15) is 4.79 Å². The Balaban J connectivity index is 1.43. The Morgan fingerprint density at radius 3 is 2.30 bits per heavy atom. The maximum absolute atomic E-state index is 13.5. The predicted molar refractivity (Wildman–Crippen MR) is 134 cm³/mol. The standard InChI is InChI=1S/C28H26N2O7/c1-32-25-12-20(13-26(33-2)27(25)34-3)23-14-21(29-37-23)16-30(28(31)19-7-5-4-6-8-19)15-18-9-10-22-24(11-18)36-17-35-22/h4-14H,15-17H2,1-3H3. The summed E-state index contributed by atoms with van der Waals surface area (Å²) < 4.78 is 32.9. The molecule has 0 saturated heterocycles. The molecule has 190 valence electrons. The van der Waals surface area contributed by atoms with E-state index >= 15 is 0 Å². The molecule has 2 heterocycles. The molecule has 0 atom stereocenters. The number of ether oxygens (including phenoxy) is 5. The van der Waals surface area contributed by atoms with Gasteiger partial charge in [-0.25, -0.2) is 0 Å². The minimum atomic E-state index is -0.129. The van der Waals surface area contributed by atoms with Crippen LogP contribution in [0.4, 0.5) is 0 Å². The lowest BCUT2D eigenvalue weighted by Crippen LogP contribution is -2.30. The predicted octanol–water partition coefficient (Wildman–Crippen LogP) is 4.94. The fourth-order valence-corrected chi connectivity index (χ4v) is 4.16. The molecule has 0 N–H and O–H groups in total. The van der Waals surface area contributed by atoms with Crippen molar-refractivity contribution in [2.45, 2.75) is 13.1 Å². The SMILES string of the molecule is COc1cc(-c2cc(CN(Cc3ccc4c(c3)OCO4)C(=O)c3ccccc3)no2)cc(OC)c1OC. The van der Waals surface area contributed by atoms with Crippen LogP contribution in [-0.2, 0) is 13.1 Å². The van der Waals surface area contributed by atoms with Crippen LogP contribution in [0.15, 0.2) is 71.3 Å². The number of nitrogens with zero attached hydrogens (tertiary/aromatic N) is 2. The molecule has 1 aromatic heterocycles. The fourth-order valence-electron chi connectivity index (χ4n) is 4.16. The Morgan fingerprint density at radius 2 is 1.59 bits per heavy atom. The summed E-state index contributed by atoms with van der Waals surface area (Å²) in [6, 6.07) is 20.2. The highest BCUT2D eigenvalue weighted by Crippen LogP contribution is 2.41. The lowest BCUT2D eigenvalue weighted by atomic mass is 10.1. The second-order valence-corrected chi connectivity index (χ2v) is 8.31. The van der Waals surface area contributed by atoms with Gasteiger partial charge in [0.1, 0.15) is 5.69 Å². The zero-order valence-corrected chi connectivity index (χ0v) is 20.7. The van der Waals surface area contributed by atoms with E-state index in [0.717, 1.165) is 5.56 Å². The normalized spacial score (nSPS) is 11.8. The van der Waals surface area contributed by atoms with Crippen molar-refractivity contribution in [3.8, 4) is 40.1 Å². The first-order chi connectivity index (χ1) is 18.1. The summed E-state index contributed by atoms with van der Waals surface area (Å²) in [5.74, 6) is 3.21. The van der Waals surface area contributed by atoms with Crippen molar-refractivity contribution < 1.29 is 33.0 Å². The van der Waals surface area contributed by atoms with Crippen LogP contribution in [0.1, 0.15) is 21.6 Å². The fraction of sp³-hybridized carbons (Fsp3) is 0.214. The van der Waals surface area contributed by atoms with Crippen molar-refractivity contribution in [3.05, 3.63) is 83.6 Å². The molecule has 37 heavy (non-hydrogen) atoms. The second-order valence-electron chi connectivity index (χ2n) is 8.31.